The van der Waals surface area contributed by atoms with Crippen molar-refractivity contribution < 1.29 is 4.79 Å². The largest absolute Gasteiger partial charge is 0.325 e. The molecule has 0 bridgehead atoms. The van der Waals surface area contributed by atoms with Gasteiger partial charge in [0, 0.05) is 12.2 Å². The third-order valence-corrected chi connectivity index (χ3v) is 3.43. The van der Waals surface area contributed by atoms with Crippen LogP contribution in [0.5, 0.6) is 0 Å². The molecule has 1 aromatic carbocycles. The number of nitrogens with two attached hydrogens (primary N) is 1. The summed E-state index contributed by atoms with van der Waals surface area (Å²) in [6, 6.07) is 7.56. The molecule has 4 nitrogen and oxygen atoms in total. The number of hydrogen-bond acceptors (Lipinski definition) is 3. The van der Waals surface area contributed by atoms with E-state index in [0.717, 1.165) is 31.7 Å². The lowest BCUT2D eigenvalue weighted by atomic mass is 10.1. The number of carbonyl (C=O) groups excluding carboxylic acids is 1. The third kappa shape index (κ3) is 6.93. The first kappa shape index (κ1) is 19.9. The topological polar surface area (TPSA) is 58.4 Å². The molecule has 1 unspecified atom stereocenters. The lowest BCUT2D eigenvalue weighted by molar-refractivity contribution is -0.117. The molecule has 1 aromatic rings. The maximum atomic E-state index is 11.9. The summed E-state index contributed by atoms with van der Waals surface area (Å²) in [5.41, 5.74) is 7.85. The molecule has 21 heavy (non-hydrogen) atoms. The summed E-state index contributed by atoms with van der Waals surface area (Å²) in [5.74, 6) is -0.105. The molecule has 0 fully saturated rings. The molecule has 120 valence electrons. The molecule has 0 aliphatic rings. The van der Waals surface area contributed by atoms with Crippen LogP contribution in [0.4, 0.5) is 5.69 Å². The fourth-order valence-electron chi connectivity index (χ4n) is 2.13. The smallest absolute Gasteiger partial charge is 0.241 e. The summed E-state index contributed by atoms with van der Waals surface area (Å²) in [5, 5.41) is 2.89. The Morgan fingerprint density at radius 3 is 2.52 bits per heavy atom. The zero-order chi connectivity index (χ0) is 15.0. The Kier molecular flexibility index (Phi) is 10.0. The van der Waals surface area contributed by atoms with Gasteiger partial charge in [-0.15, -0.1) is 12.4 Å². The van der Waals surface area contributed by atoms with Crippen LogP contribution in [0, 0.1) is 0 Å². The normalized spacial score (nSPS) is 11.9. The second kappa shape index (κ2) is 10.6. The van der Waals surface area contributed by atoms with Crippen molar-refractivity contribution in [3.63, 3.8) is 0 Å². The van der Waals surface area contributed by atoms with Crippen molar-refractivity contribution in [1.82, 2.24) is 4.90 Å². The van der Waals surface area contributed by atoms with Crippen molar-refractivity contribution in [3.05, 3.63) is 29.8 Å². The van der Waals surface area contributed by atoms with E-state index in [9.17, 15) is 4.79 Å². The summed E-state index contributed by atoms with van der Waals surface area (Å²) in [6.07, 6.45) is 1.63. The molecule has 0 aromatic heterocycles. The van der Waals surface area contributed by atoms with Gasteiger partial charge in [-0.1, -0.05) is 39.3 Å². The molecule has 0 heterocycles. The van der Waals surface area contributed by atoms with Gasteiger partial charge in [-0.2, -0.15) is 0 Å². The molecule has 0 saturated heterocycles. The Morgan fingerprint density at radius 2 is 1.95 bits per heavy atom. The molecule has 0 aliphatic carbocycles. The highest BCUT2D eigenvalue weighted by Crippen LogP contribution is 2.13. The first-order chi connectivity index (χ1) is 9.60. The standard InChI is InChI=1S/C16H27N3O.ClH/c1-4-8-15(17)16(20)18-14-10-7-9-13(11-14)12-19(5-2)6-3;/h7,9-11,15H,4-6,8,12,17H2,1-3H3,(H,18,20);1H. The molecule has 0 radical (unpaired) electrons. The number of nitrogens with zero attached hydrogens (tertiary/aromatic N) is 1. The summed E-state index contributed by atoms with van der Waals surface area (Å²) >= 11 is 0. The lowest BCUT2D eigenvalue weighted by Gasteiger charge is -2.18. The summed E-state index contributed by atoms with van der Waals surface area (Å²) in [6.45, 7) is 9.27. The highest BCUT2D eigenvalue weighted by molar-refractivity contribution is 5.94. The number of anilines is 1. The molecule has 5 heteroatoms. The molecular weight excluding hydrogens is 286 g/mol. The van der Waals surface area contributed by atoms with Gasteiger partial charge in [-0.25, -0.2) is 0 Å². The van der Waals surface area contributed by atoms with Crippen LogP contribution >= 0.6 is 12.4 Å². The highest BCUT2D eigenvalue weighted by atomic mass is 35.5. The third-order valence-electron chi connectivity index (χ3n) is 3.43. The van der Waals surface area contributed by atoms with Crippen LogP contribution in [-0.2, 0) is 11.3 Å². The maximum Gasteiger partial charge on any atom is 0.241 e. The van der Waals surface area contributed by atoms with Crippen molar-refractivity contribution in [2.45, 2.75) is 46.2 Å². The average molecular weight is 314 g/mol. The second-order valence-corrected chi connectivity index (χ2v) is 5.05. The fourth-order valence-corrected chi connectivity index (χ4v) is 2.13. The van der Waals surface area contributed by atoms with Crippen molar-refractivity contribution >= 4 is 24.0 Å². The van der Waals surface area contributed by atoms with E-state index < -0.39 is 6.04 Å². The van der Waals surface area contributed by atoms with E-state index in [1.54, 1.807) is 0 Å². The van der Waals surface area contributed by atoms with Crippen molar-refractivity contribution in [3.8, 4) is 0 Å². The SMILES string of the molecule is CCCC(N)C(=O)Nc1cccc(CN(CC)CC)c1.Cl. The van der Waals surface area contributed by atoms with Gasteiger partial charge in [0.15, 0.2) is 0 Å². The minimum atomic E-state index is -0.425. The van der Waals surface area contributed by atoms with E-state index in [4.69, 9.17) is 5.73 Å². The molecule has 1 rings (SSSR count). The molecule has 1 atom stereocenters. The van der Waals surface area contributed by atoms with Gasteiger partial charge in [-0.05, 0) is 37.2 Å². The van der Waals surface area contributed by atoms with Crippen LogP contribution in [0.15, 0.2) is 24.3 Å². The zero-order valence-electron chi connectivity index (χ0n) is 13.3. The van der Waals surface area contributed by atoms with Gasteiger partial charge < -0.3 is 11.1 Å². The van der Waals surface area contributed by atoms with Gasteiger partial charge in [0.25, 0.3) is 0 Å². The summed E-state index contributed by atoms with van der Waals surface area (Å²) < 4.78 is 0. The van der Waals surface area contributed by atoms with Crippen LogP contribution in [0.3, 0.4) is 0 Å². The van der Waals surface area contributed by atoms with E-state index >= 15 is 0 Å². The van der Waals surface area contributed by atoms with E-state index in [1.807, 2.05) is 25.1 Å². The van der Waals surface area contributed by atoms with Crippen LogP contribution in [0.2, 0.25) is 0 Å². The van der Waals surface area contributed by atoms with Gasteiger partial charge in [0.1, 0.15) is 0 Å². The highest BCUT2D eigenvalue weighted by Gasteiger charge is 2.12. The van der Waals surface area contributed by atoms with Crippen LogP contribution in [-0.4, -0.2) is 29.9 Å². The Hall–Kier alpha value is -1.10. The average Bonchev–Trinajstić information content (AvgIpc) is 2.45. The lowest BCUT2D eigenvalue weighted by Crippen LogP contribution is -2.35. The van der Waals surface area contributed by atoms with Crippen molar-refractivity contribution in [2.75, 3.05) is 18.4 Å². The number of carbonyl (C=O) groups is 1. The molecule has 3 N–H and O–H groups in total. The predicted octanol–water partition coefficient (Wildman–Crippen LogP) is 3.02. The maximum absolute atomic E-state index is 11.9. The van der Waals surface area contributed by atoms with Crippen LogP contribution in [0.1, 0.15) is 39.2 Å². The van der Waals surface area contributed by atoms with E-state index in [-0.39, 0.29) is 18.3 Å². The minimum absolute atomic E-state index is 0. The minimum Gasteiger partial charge on any atom is -0.325 e. The summed E-state index contributed by atoms with van der Waals surface area (Å²) in [4.78, 5) is 14.2. The number of benzene rings is 1. The fraction of sp³-hybridized carbons (Fsp3) is 0.562. The number of hydrogen-bond donors (Lipinski definition) is 2. The van der Waals surface area contributed by atoms with Gasteiger partial charge >= 0.3 is 0 Å². The second-order valence-electron chi connectivity index (χ2n) is 5.05. The van der Waals surface area contributed by atoms with Gasteiger partial charge in [0.2, 0.25) is 5.91 Å². The number of amides is 1. The number of nitrogens with one attached hydrogen (secondary N) is 1. The van der Waals surface area contributed by atoms with Crippen molar-refractivity contribution in [1.29, 1.82) is 0 Å². The van der Waals surface area contributed by atoms with Crippen LogP contribution in [0.25, 0.3) is 0 Å². The monoisotopic (exact) mass is 313 g/mol. The van der Waals surface area contributed by atoms with Gasteiger partial charge in [0.05, 0.1) is 6.04 Å². The summed E-state index contributed by atoms with van der Waals surface area (Å²) in [7, 11) is 0. The van der Waals surface area contributed by atoms with Gasteiger partial charge in [-0.3, -0.25) is 9.69 Å². The first-order valence-corrected chi connectivity index (χ1v) is 7.48. The van der Waals surface area contributed by atoms with Crippen LogP contribution < -0.4 is 11.1 Å². The Morgan fingerprint density at radius 1 is 1.29 bits per heavy atom. The Balaban J connectivity index is 0.00000400. The first-order valence-electron chi connectivity index (χ1n) is 7.48. The molecule has 0 spiro atoms. The van der Waals surface area contributed by atoms with E-state index in [1.165, 1.54) is 5.56 Å². The number of halogens is 1. The number of rotatable bonds is 8. The molecule has 0 saturated carbocycles. The molecule has 1 amide bonds. The quantitative estimate of drug-likeness (QED) is 0.775. The Bertz CT molecular complexity index is 422. The van der Waals surface area contributed by atoms with E-state index in [0.29, 0.717) is 6.42 Å². The Labute approximate surface area is 134 Å². The van der Waals surface area contributed by atoms with E-state index in [2.05, 4.69) is 30.1 Å². The zero-order valence-corrected chi connectivity index (χ0v) is 14.1. The van der Waals surface area contributed by atoms with Crippen molar-refractivity contribution in [2.24, 2.45) is 5.73 Å². The predicted molar refractivity (Wildman–Crippen MR) is 91.8 cm³/mol. The molecular formula is C16H28ClN3O. The molecule has 0 aliphatic heterocycles.